The average Bonchev–Trinajstić information content (AvgIpc) is 2.48. The molecule has 1 aliphatic heterocycles. The van der Waals surface area contributed by atoms with E-state index in [1.807, 2.05) is 19.1 Å². The fourth-order valence-electron chi connectivity index (χ4n) is 2.22. The van der Waals surface area contributed by atoms with E-state index in [1.165, 1.54) is 6.08 Å². The minimum absolute atomic E-state index is 0.0711. The second kappa shape index (κ2) is 7.23. The lowest BCUT2D eigenvalue weighted by atomic mass is 10.00. The van der Waals surface area contributed by atoms with E-state index in [9.17, 15) is 13.6 Å². The van der Waals surface area contributed by atoms with Gasteiger partial charge in [-0.25, -0.2) is 9.78 Å². The number of halogens is 2. The zero-order chi connectivity index (χ0) is 16.9. The van der Waals surface area contributed by atoms with Crippen LogP contribution in [0.3, 0.4) is 0 Å². The Kier molecular flexibility index (Phi) is 5.32. The second-order valence-corrected chi connectivity index (χ2v) is 5.18. The SMILES string of the molecule is CCOC(=O)N1CC/C(=C\C#Cc2cccc(C)n2)C(F)(F)C1. The molecular weight excluding hydrogens is 302 g/mol. The van der Waals surface area contributed by atoms with E-state index in [1.54, 1.807) is 13.0 Å². The standard InChI is InChI=1S/C17H18F2N2O2/c1-3-23-16(22)21-11-10-14(17(18,19)12-21)7-5-9-15-8-4-6-13(2)20-15/h4,6-8H,3,10-12H2,1-2H3/b14-7+. The lowest BCUT2D eigenvalue weighted by Gasteiger charge is -2.33. The maximum atomic E-state index is 14.1. The van der Waals surface area contributed by atoms with E-state index in [-0.39, 0.29) is 25.1 Å². The molecule has 0 bridgehead atoms. The van der Waals surface area contributed by atoms with Crippen molar-refractivity contribution < 1.29 is 18.3 Å². The molecule has 23 heavy (non-hydrogen) atoms. The lowest BCUT2D eigenvalue weighted by Crippen LogP contribution is -2.47. The highest BCUT2D eigenvalue weighted by atomic mass is 19.3. The van der Waals surface area contributed by atoms with E-state index in [0.717, 1.165) is 10.6 Å². The van der Waals surface area contributed by atoms with Gasteiger partial charge in [0, 0.05) is 17.8 Å². The van der Waals surface area contributed by atoms with Gasteiger partial charge < -0.3 is 9.64 Å². The van der Waals surface area contributed by atoms with E-state index in [2.05, 4.69) is 16.8 Å². The zero-order valence-corrected chi connectivity index (χ0v) is 13.1. The number of piperidine rings is 1. The predicted octanol–water partition coefficient (Wildman–Crippen LogP) is 3.17. The zero-order valence-electron chi connectivity index (χ0n) is 13.1. The van der Waals surface area contributed by atoms with Gasteiger partial charge in [0.1, 0.15) is 5.69 Å². The molecule has 0 atom stereocenters. The fraction of sp³-hybridized carbons (Fsp3) is 0.412. The molecular formula is C17H18F2N2O2. The first-order chi connectivity index (χ1) is 10.9. The first-order valence-corrected chi connectivity index (χ1v) is 7.36. The van der Waals surface area contributed by atoms with Gasteiger partial charge in [0.05, 0.1) is 13.2 Å². The van der Waals surface area contributed by atoms with Crippen molar-refractivity contribution >= 4 is 6.09 Å². The summed E-state index contributed by atoms with van der Waals surface area (Å²) in [5, 5.41) is 0. The molecule has 1 amide bonds. The molecule has 1 aromatic heterocycles. The normalized spacial score (nSPS) is 18.3. The third kappa shape index (κ3) is 4.52. The lowest BCUT2D eigenvalue weighted by molar-refractivity contribution is -0.0184. The highest BCUT2D eigenvalue weighted by Crippen LogP contribution is 2.32. The van der Waals surface area contributed by atoms with E-state index < -0.39 is 18.6 Å². The number of amides is 1. The van der Waals surface area contributed by atoms with Gasteiger partial charge in [-0.05, 0) is 44.4 Å². The summed E-state index contributed by atoms with van der Waals surface area (Å²) in [6, 6.07) is 5.37. The molecule has 0 radical (unpaired) electrons. The molecule has 0 aromatic carbocycles. The van der Waals surface area contributed by atoms with Gasteiger partial charge in [-0.1, -0.05) is 12.0 Å². The molecule has 0 spiro atoms. The topological polar surface area (TPSA) is 42.4 Å². The number of pyridine rings is 1. The summed E-state index contributed by atoms with van der Waals surface area (Å²) in [5.74, 6) is 2.29. The Hall–Kier alpha value is -2.42. The molecule has 4 nitrogen and oxygen atoms in total. The molecule has 0 N–H and O–H groups in total. The highest BCUT2D eigenvalue weighted by molar-refractivity contribution is 5.68. The smallest absolute Gasteiger partial charge is 0.409 e. The predicted molar refractivity (Wildman–Crippen MR) is 82.1 cm³/mol. The van der Waals surface area contributed by atoms with Gasteiger partial charge in [0.15, 0.2) is 0 Å². The average molecular weight is 320 g/mol. The van der Waals surface area contributed by atoms with Crippen molar-refractivity contribution in [2.45, 2.75) is 26.2 Å². The van der Waals surface area contributed by atoms with Crippen molar-refractivity contribution in [3.63, 3.8) is 0 Å². The molecule has 1 saturated heterocycles. The summed E-state index contributed by atoms with van der Waals surface area (Å²) in [5.41, 5.74) is 1.28. The van der Waals surface area contributed by atoms with Gasteiger partial charge in [-0.15, -0.1) is 0 Å². The summed E-state index contributed by atoms with van der Waals surface area (Å²) in [6.45, 7) is 3.16. The quantitative estimate of drug-likeness (QED) is 0.747. The number of rotatable bonds is 1. The Morgan fingerprint density at radius 2 is 2.30 bits per heavy atom. The number of ether oxygens (including phenoxy) is 1. The molecule has 0 unspecified atom stereocenters. The second-order valence-electron chi connectivity index (χ2n) is 5.18. The Balaban J connectivity index is 2.08. The summed E-state index contributed by atoms with van der Waals surface area (Å²) < 4.78 is 33.0. The number of allylic oxidation sites excluding steroid dienone is 1. The number of aromatic nitrogens is 1. The van der Waals surface area contributed by atoms with Crippen LogP contribution in [0.1, 0.15) is 24.7 Å². The van der Waals surface area contributed by atoms with Crippen LogP contribution in [0.5, 0.6) is 0 Å². The number of alkyl halides is 2. The number of hydrogen-bond acceptors (Lipinski definition) is 3. The minimum Gasteiger partial charge on any atom is -0.450 e. The number of aryl methyl sites for hydroxylation is 1. The molecule has 2 heterocycles. The number of nitrogens with zero attached hydrogens (tertiary/aromatic N) is 2. The number of carbonyl (C=O) groups is 1. The van der Waals surface area contributed by atoms with Crippen LogP contribution in [-0.2, 0) is 4.74 Å². The van der Waals surface area contributed by atoms with Crippen LogP contribution in [0, 0.1) is 18.8 Å². The van der Waals surface area contributed by atoms with Crippen LogP contribution in [0.2, 0.25) is 0 Å². The van der Waals surface area contributed by atoms with Crippen LogP contribution in [0.25, 0.3) is 0 Å². The Morgan fingerprint density at radius 3 is 2.96 bits per heavy atom. The van der Waals surface area contributed by atoms with Crippen LogP contribution in [-0.4, -0.2) is 41.6 Å². The van der Waals surface area contributed by atoms with Crippen LogP contribution in [0.4, 0.5) is 13.6 Å². The molecule has 1 fully saturated rings. The third-order valence-electron chi connectivity index (χ3n) is 3.37. The van der Waals surface area contributed by atoms with Gasteiger partial charge in [0.25, 0.3) is 5.92 Å². The van der Waals surface area contributed by atoms with E-state index in [4.69, 9.17) is 4.74 Å². The van der Waals surface area contributed by atoms with Gasteiger partial charge in [-0.2, -0.15) is 8.78 Å². The van der Waals surface area contributed by atoms with Crippen molar-refractivity contribution in [1.29, 1.82) is 0 Å². The van der Waals surface area contributed by atoms with Crippen molar-refractivity contribution in [2.75, 3.05) is 19.7 Å². The first-order valence-electron chi connectivity index (χ1n) is 7.36. The van der Waals surface area contributed by atoms with Crippen LogP contribution >= 0.6 is 0 Å². The molecule has 122 valence electrons. The first kappa shape index (κ1) is 16.9. The molecule has 0 aliphatic carbocycles. The van der Waals surface area contributed by atoms with E-state index >= 15 is 0 Å². The van der Waals surface area contributed by atoms with Crippen LogP contribution < -0.4 is 0 Å². The molecule has 2 rings (SSSR count). The number of carbonyl (C=O) groups excluding carboxylic acids is 1. The van der Waals surface area contributed by atoms with Crippen LogP contribution in [0.15, 0.2) is 29.8 Å². The van der Waals surface area contributed by atoms with Gasteiger partial charge >= 0.3 is 6.09 Å². The monoisotopic (exact) mass is 320 g/mol. The maximum Gasteiger partial charge on any atom is 0.409 e. The summed E-state index contributed by atoms with van der Waals surface area (Å²) >= 11 is 0. The number of hydrogen-bond donors (Lipinski definition) is 0. The summed E-state index contributed by atoms with van der Waals surface area (Å²) in [4.78, 5) is 16.8. The Morgan fingerprint density at radius 1 is 1.52 bits per heavy atom. The maximum absolute atomic E-state index is 14.1. The summed E-state index contributed by atoms with van der Waals surface area (Å²) in [7, 11) is 0. The largest absolute Gasteiger partial charge is 0.450 e. The molecule has 1 aromatic rings. The molecule has 1 aliphatic rings. The van der Waals surface area contributed by atoms with Crippen molar-refractivity contribution in [3.05, 3.63) is 41.2 Å². The fourth-order valence-corrected chi connectivity index (χ4v) is 2.22. The highest BCUT2D eigenvalue weighted by Gasteiger charge is 2.41. The Labute approximate surface area is 134 Å². The van der Waals surface area contributed by atoms with Crippen molar-refractivity contribution in [1.82, 2.24) is 9.88 Å². The Bertz CT molecular complexity index is 675. The summed E-state index contributed by atoms with van der Waals surface area (Å²) in [6.07, 6.45) is 0.593. The van der Waals surface area contributed by atoms with Crippen molar-refractivity contribution in [3.8, 4) is 11.8 Å². The van der Waals surface area contributed by atoms with Gasteiger partial charge in [-0.3, -0.25) is 0 Å². The number of likely N-dealkylation sites (tertiary alicyclic amines) is 1. The minimum atomic E-state index is -3.10. The van der Waals surface area contributed by atoms with Crippen molar-refractivity contribution in [2.24, 2.45) is 0 Å². The third-order valence-corrected chi connectivity index (χ3v) is 3.37. The molecule has 6 heteroatoms. The molecule has 0 saturated carbocycles. The van der Waals surface area contributed by atoms with E-state index in [0.29, 0.717) is 5.69 Å². The van der Waals surface area contributed by atoms with Gasteiger partial charge in [0.2, 0.25) is 0 Å².